The first-order chi connectivity index (χ1) is 11.2. The van der Waals surface area contributed by atoms with E-state index in [0.29, 0.717) is 12.0 Å². The molecule has 1 saturated heterocycles. The van der Waals surface area contributed by atoms with Crippen molar-refractivity contribution < 1.29 is 19.4 Å². The lowest BCUT2D eigenvalue weighted by atomic mass is 9.95. The maximum Gasteiger partial charge on any atom is 0.410 e. The molecule has 0 aromatic heterocycles. The maximum atomic E-state index is 12.3. The number of amides is 2. The number of allylic oxidation sites excluding steroid dienone is 3. The minimum atomic E-state index is -0.854. The highest BCUT2D eigenvalue weighted by Gasteiger charge is 2.37. The molecule has 7 heteroatoms. The van der Waals surface area contributed by atoms with Crippen LogP contribution in [0.3, 0.4) is 0 Å². The average Bonchev–Trinajstić information content (AvgIpc) is 2.87. The maximum absolute atomic E-state index is 12.3. The molecule has 0 saturated carbocycles. The second kappa shape index (κ2) is 7.05. The van der Waals surface area contributed by atoms with Crippen LogP contribution >= 0.6 is 0 Å². The number of nitrogens with one attached hydrogen (secondary N) is 1. The monoisotopic (exact) mass is 333 g/mol. The molecule has 3 unspecified atom stereocenters. The van der Waals surface area contributed by atoms with Crippen LogP contribution in [-0.2, 0) is 9.53 Å². The summed E-state index contributed by atoms with van der Waals surface area (Å²) < 4.78 is 5.27. The van der Waals surface area contributed by atoms with Crippen molar-refractivity contribution >= 4 is 12.0 Å². The first-order valence-corrected chi connectivity index (χ1v) is 7.93. The summed E-state index contributed by atoms with van der Waals surface area (Å²) in [4.78, 5) is 25.7. The van der Waals surface area contributed by atoms with Gasteiger partial charge in [0.05, 0.1) is 30.7 Å². The van der Waals surface area contributed by atoms with Crippen molar-refractivity contribution in [3.8, 4) is 6.07 Å². The van der Waals surface area contributed by atoms with Gasteiger partial charge in [-0.1, -0.05) is 18.2 Å². The largest absolute Gasteiger partial charge is 0.444 e. The van der Waals surface area contributed by atoms with E-state index in [1.807, 2.05) is 0 Å². The van der Waals surface area contributed by atoms with Crippen LogP contribution in [0.25, 0.3) is 0 Å². The van der Waals surface area contributed by atoms with Gasteiger partial charge in [-0.25, -0.2) is 4.79 Å². The predicted molar refractivity (Wildman–Crippen MR) is 86.7 cm³/mol. The Kier molecular flexibility index (Phi) is 5.30. The predicted octanol–water partition coefficient (Wildman–Crippen LogP) is 1.11. The summed E-state index contributed by atoms with van der Waals surface area (Å²) in [6.07, 6.45) is 4.07. The van der Waals surface area contributed by atoms with E-state index in [4.69, 9.17) is 10.00 Å². The average molecular weight is 333 g/mol. The Morgan fingerprint density at radius 1 is 1.42 bits per heavy atom. The van der Waals surface area contributed by atoms with Crippen molar-refractivity contribution in [1.82, 2.24) is 10.2 Å². The molecule has 0 radical (unpaired) electrons. The van der Waals surface area contributed by atoms with E-state index >= 15 is 0 Å². The fourth-order valence-corrected chi connectivity index (χ4v) is 2.60. The molecule has 24 heavy (non-hydrogen) atoms. The summed E-state index contributed by atoms with van der Waals surface area (Å²) >= 11 is 0. The number of carbonyl (C=O) groups excluding carboxylic acids is 2. The lowest BCUT2D eigenvalue weighted by Crippen LogP contribution is -2.44. The number of nitriles is 1. The number of hydrogen-bond donors (Lipinski definition) is 2. The Labute approximate surface area is 141 Å². The topological polar surface area (TPSA) is 103 Å². The molecule has 2 rings (SSSR count). The number of aliphatic hydroxyl groups excluding tert-OH is 1. The first-order valence-electron chi connectivity index (χ1n) is 7.93. The zero-order valence-electron chi connectivity index (χ0n) is 14.2. The fraction of sp³-hybridized carbons (Fsp3) is 0.588. The van der Waals surface area contributed by atoms with Crippen LogP contribution in [0.5, 0.6) is 0 Å². The van der Waals surface area contributed by atoms with Gasteiger partial charge in [-0.15, -0.1) is 0 Å². The molecular weight excluding hydrogens is 310 g/mol. The number of β-amino-alcohol motifs (C(OH)–C–C–N with tert-alkyl or cyclic N) is 1. The number of hydrogen-bond acceptors (Lipinski definition) is 5. The molecule has 0 spiro atoms. The van der Waals surface area contributed by atoms with Crippen molar-refractivity contribution in [2.24, 2.45) is 5.92 Å². The second-order valence-electron chi connectivity index (χ2n) is 7.05. The van der Waals surface area contributed by atoms with Crippen LogP contribution in [-0.4, -0.2) is 52.8 Å². The van der Waals surface area contributed by atoms with Gasteiger partial charge in [0.15, 0.2) is 0 Å². The summed E-state index contributed by atoms with van der Waals surface area (Å²) in [7, 11) is 0. The Morgan fingerprint density at radius 3 is 2.75 bits per heavy atom. The quantitative estimate of drug-likeness (QED) is 0.788. The minimum absolute atomic E-state index is 0.111. The fourth-order valence-electron chi connectivity index (χ4n) is 2.60. The number of nitrogens with zero attached hydrogens (tertiary/aromatic N) is 2. The van der Waals surface area contributed by atoms with E-state index in [-0.39, 0.29) is 24.9 Å². The number of aliphatic hydroxyl groups is 1. The normalized spacial score (nSPS) is 26.5. The molecule has 7 nitrogen and oxygen atoms in total. The van der Waals surface area contributed by atoms with Crippen LogP contribution in [0.2, 0.25) is 0 Å². The van der Waals surface area contributed by atoms with Gasteiger partial charge < -0.3 is 20.1 Å². The van der Waals surface area contributed by atoms with Gasteiger partial charge in [0, 0.05) is 12.1 Å². The van der Waals surface area contributed by atoms with Gasteiger partial charge >= 0.3 is 6.09 Å². The van der Waals surface area contributed by atoms with E-state index in [9.17, 15) is 14.7 Å². The lowest BCUT2D eigenvalue weighted by Gasteiger charge is -2.24. The highest BCUT2D eigenvalue weighted by molar-refractivity contribution is 5.94. The number of rotatable bonds is 2. The summed E-state index contributed by atoms with van der Waals surface area (Å²) in [6, 6.07) is 1.55. The highest BCUT2D eigenvalue weighted by Crippen LogP contribution is 2.20. The molecule has 3 atom stereocenters. The van der Waals surface area contributed by atoms with Gasteiger partial charge in [-0.2, -0.15) is 5.26 Å². The van der Waals surface area contributed by atoms with E-state index in [1.165, 1.54) is 4.90 Å². The molecule has 1 aliphatic heterocycles. The van der Waals surface area contributed by atoms with Crippen LogP contribution in [0, 0.1) is 17.2 Å². The molecule has 1 fully saturated rings. The third kappa shape index (κ3) is 4.59. The summed E-state index contributed by atoms with van der Waals surface area (Å²) in [5.41, 5.74) is -0.124. The minimum Gasteiger partial charge on any atom is -0.444 e. The number of likely N-dealkylation sites (tertiary alicyclic amines) is 1. The van der Waals surface area contributed by atoms with Crippen molar-refractivity contribution in [2.45, 2.75) is 44.9 Å². The molecule has 0 bridgehead atoms. The van der Waals surface area contributed by atoms with Crippen molar-refractivity contribution in [3.05, 3.63) is 23.8 Å². The smallest absolute Gasteiger partial charge is 0.410 e. The van der Waals surface area contributed by atoms with Gasteiger partial charge in [-0.3, -0.25) is 4.79 Å². The lowest BCUT2D eigenvalue weighted by molar-refractivity contribution is -0.118. The standard InChI is InChI=1S/C17H23N3O4/c1-17(2,3)24-16(23)20-9-13(14(21)10-20)19-15(22)12-6-4-5-11(7-12)8-18/h4-6,11,13-14,21H,7,9-10H2,1-3H3,(H,19,22). The van der Waals surface area contributed by atoms with Gasteiger partial charge in [0.2, 0.25) is 5.91 Å². The van der Waals surface area contributed by atoms with Gasteiger partial charge in [0.25, 0.3) is 0 Å². The zero-order chi connectivity index (χ0) is 17.9. The Hall–Kier alpha value is -2.33. The van der Waals surface area contributed by atoms with Crippen LogP contribution in [0.4, 0.5) is 4.79 Å². The van der Waals surface area contributed by atoms with Crippen molar-refractivity contribution in [1.29, 1.82) is 5.26 Å². The van der Waals surface area contributed by atoms with Crippen molar-refractivity contribution in [3.63, 3.8) is 0 Å². The van der Waals surface area contributed by atoms with E-state index in [0.717, 1.165) is 0 Å². The Bertz CT molecular complexity index is 612. The molecule has 1 aliphatic carbocycles. The van der Waals surface area contributed by atoms with E-state index in [2.05, 4.69) is 11.4 Å². The summed E-state index contributed by atoms with van der Waals surface area (Å²) in [5, 5.41) is 21.8. The third-order valence-corrected chi connectivity index (χ3v) is 3.80. The molecule has 0 aromatic rings. The summed E-state index contributed by atoms with van der Waals surface area (Å²) in [5.74, 6) is -0.641. The Morgan fingerprint density at radius 2 is 2.12 bits per heavy atom. The van der Waals surface area contributed by atoms with Crippen molar-refractivity contribution in [2.75, 3.05) is 13.1 Å². The molecule has 2 aliphatic rings. The third-order valence-electron chi connectivity index (χ3n) is 3.80. The molecule has 130 valence electrons. The van der Waals surface area contributed by atoms with Gasteiger partial charge in [0.1, 0.15) is 5.60 Å². The number of carbonyl (C=O) groups is 2. The van der Waals surface area contributed by atoms with E-state index < -0.39 is 23.8 Å². The molecule has 0 aromatic carbocycles. The number of ether oxygens (including phenoxy) is 1. The summed E-state index contributed by atoms with van der Waals surface area (Å²) in [6.45, 7) is 5.61. The molecule has 1 heterocycles. The van der Waals surface area contributed by atoms with Crippen LogP contribution in [0.15, 0.2) is 23.8 Å². The molecule has 2 amide bonds. The molecule has 2 N–H and O–H groups in total. The zero-order valence-corrected chi connectivity index (χ0v) is 14.2. The molecular formula is C17H23N3O4. The second-order valence-corrected chi connectivity index (χ2v) is 7.05. The Balaban J connectivity index is 1.93. The van der Waals surface area contributed by atoms with E-state index in [1.54, 1.807) is 39.0 Å². The first kappa shape index (κ1) is 18.0. The van der Waals surface area contributed by atoms with Crippen LogP contribution < -0.4 is 5.32 Å². The van der Waals surface area contributed by atoms with Gasteiger partial charge in [-0.05, 0) is 27.2 Å². The SMILES string of the molecule is CC(C)(C)OC(=O)N1CC(O)C(NC(=O)C2=CC=CC(C#N)C2)C1. The van der Waals surface area contributed by atoms with Crippen LogP contribution in [0.1, 0.15) is 27.2 Å². The highest BCUT2D eigenvalue weighted by atomic mass is 16.6.